The third kappa shape index (κ3) is 2.75. The Bertz CT molecular complexity index is 724. The first kappa shape index (κ1) is 13.6. The molecule has 0 saturated heterocycles. The van der Waals surface area contributed by atoms with Crippen molar-refractivity contribution in [3.05, 3.63) is 65.7 Å². The quantitative estimate of drug-likeness (QED) is 0.469. The number of carbonyl (C=O) groups is 2. The Balaban J connectivity index is 1.68. The molecule has 1 aliphatic heterocycles. The molecule has 3 nitrogen and oxygen atoms in total. The molecule has 4 heteroatoms. The van der Waals surface area contributed by atoms with E-state index < -0.39 is 0 Å². The molecule has 2 amide bonds. The van der Waals surface area contributed by atoms with Crippen molar-refractivity contribution in [1.29, 1.82) is 0 Å². The van der Waals surface area contributed by atoms with Crippen LogP contribution in [0.5, 0.6) is 0 Å². The molecule has 21 heavy (non-hydrogen) atoms. The summed E-state index contributed by atoms with van der Waals surface area (Å²) in [6.45, 7) is 0.154. The van der Waals surface area contributed by atoms with E-state index >= 15 is 0 Å². The van der Waals surface area contributed by atoms with Gasteiger partial charge in [-0.3, -0.25) is 0 Å². The number of rotatable bonds is 2. The maximum absolute atomic E-state index is 12.1. The van der Waals surface area contributed by atoms with Gasteiger partial charge in [0.2, 0.25) is 0 Å². The van der Waals surface area contributed by atoms with E-state index in [4.69, 9.17) is 0 Å². The van der Waals surface area contributed by atoms with E-state index in [1.807, 2.05) is 30.3 Å². The van der Waals surface area contributed by atoms with Crippen LogP contribution in [0, 0.1) is 10.7 Å². The van der Waals surface area contributed by atoms with Gasteiger partial charge in [-0.2, -0.15) is 0 Å². The Hall–Kier alpha value is -2.34. The summed E-state index contributed by atoms with van der Waals surface area (Å²) in [5.74, 6) is 2.43. The van der Waals surface area contributed by atoms with Gasteiger partial charge in [-0.05, 0) is 0 Å². The van der Waals surface area contributed by atoms with Crippen molar-refractivity contribution in [3.63, 3.8) is 0 Å². The molecule has 0 bridgehead atoms. The van der Waals surface area contributed by atoms with Gasteiger partial charge in [0.1, 0.15) is 0 Å². The summed E-state index contributed by atoms with van der Waals surface area (Å²) in [6, 6.07) is 16.8. The Kier molecular flexibility index (Phi) is 3.87. The second kappa shape index (κ2) is 5.97. The van der Waals surface area contributed by atoms with Crippen LogP contribution in [0.25, 0.3) is 0 Å². The van der Waals surface area contributed by atoms with E-state index in [-0.39, 0.29) is 33.3 Å². The van der Waals surface area contributed by atoms with E-state index in [1.165, 1.54) is 9.36 Å². The normalized spacial score (nSPS) is 12.9. The van der Waals surface area contributed by atoms with Gasteiger partial charge in [0.15, 0.2) is 0 Å². The van der Waals surface area contributed by atoms with E-state index in [9.17, 15) is 9.59 Å². The van der Waals surface area contributed by atoms with Gasteiger partial charge in [0.25, 0.3) is 0 Å². The number of hydrogen-bond donors (Lipinski definition) is 0. The summed E-state index contributed by atoms with van der Waals surface area (Å²) >= 11 is 0.0416. The number of amides is 2. The summed E-state index contributed by atoms with van der Waals surface area (Å²) in [5, 5.41) is 0. The molecule has 0 N–H and O–H groups in total. The van der Waals surface area contributed by atoms with Gasteiger partial charge in [-0.15, -0.1) is 0 Å². The number of hydrogen-bond acceptors (Lipinski definition) is 2. The van der Waals surface area contributed by atoms with Crippen LogP contribution in [-0.2, 0) is 0 Å². The van der Waals surface area contributed by atoms with Crippen LogP contribution in [0.1, 0.15) is 20.7 Å². The Morgan fingerprint density at radius 3 is 2.05 bits per heavy atom. The van der Waals surface area contributed by atoms with Crippen LogP contribution in [0.3, 0.4) is 0 Å². The molecule has 0 atom stereocenters. The average Bonchev–Trinajstić information content (AvgIpc) is 2.77. The Morgan fingerprint density at radius 1 is 0.857 bits per heavy atom. The third-order valence-corrected chi connectivity index (χ3v) is 4.68. The average molecular weight is 340 g/mol. The second-order valence-electron chi connectivity index (χ2n) is 4.44. The molecule has 3 rings (SSSR count). The number of carbonyl (C=O) groups excluding carboxylic acids is 2. The second-order valence-corrected chi connectivity index (χ2v) is 6.28. The van der Waals surface area contributed by atoms with Crippen LogP contribution in [0.15, 0.2) is 54.6 Å². The summed E-state index contributed by atoms with van der Waals surface area (Å²) < 4.78 is 1.18. The molecule has 0 aliphatic carbocycles. The first-order valence-corrected chi connectivity index (χ1v) is 8.13. The van der Waals surface area contributed by atoms with E-state index in [1.54, 1.807) is 24.3 Å². The van der Waals surface area contributed by atoms with E-state index in [0.29, 0.717) is 11.1 Å². The Morgan fingerprint density at radius 2 is 1.43 bits per heavy atom. The van der Waals surface area contributed by atoms with Crippen molar-refractivity contribution in [2.45, 2.75) is 0 Å². The summed E-state index contributed by atoms with van der Waals surface area (Å²) in [7, 11) is 0. The number of benzene rings is 2. The number of imide groups is 1. The molecule has 102 valence electrons. The molecule has 1 heterocycles. The van der Waals surface area contributed by atoms with E-state index in [0.717, 1.165) is 0 Å². The van der Waals surface area contributed by atoms with Crippen molar-refractivity contribution in [2.75, 3.05) is 6.54 Å². The van der Waals surface area contributed by atoms with Crippen LogP contribution in [-0.4, -0.2) is 38.2 Å². The zero-order valence-electron chi connectivity index (χ0n) is 11.1. The molecule has 0 fully saturated rings. The first-order chi connectivity index (χ1) is 10.3. The molecular weight excluding hydrogens is 329 g/mol. The predicted octanol–water partition coefficient (Wildman–Crippen LogP) is 1.27. The monoisotopic (exact) mass is 341 g/mol. The van der Waals surface area contributed by atoms with Crippen LogP contribution in [0.4, 0.5) is 0 Å². The summed E-state index contributed by atoms with van der Waals surface area (Å²) in [6.07, 6.45) is 0. The number of fused-ring (bicyclic) bond motifs is 1. The van der Waals surface area contributed by atoms with Crippen LogP contribution >= 0.6 is 0 Å². The van der Waals surface area contributed by atoms with Gasteiger partial charge < -0.3 is 0 Å². The number of nitrogens with zero attached hydrogens (tertiary/aromatic N) is 1. The molecular formula is C17H11NO2Se. The van der Waals surface area contributed by atoms with Gasteiger partial charge in [-0.25, -0.2) is 0 Å². The van der Waals surface area contributed by atoms with E-state index in [2.05, 4.69) is 10.7 Å². The first-order valence-electron chi connectivity index (χ1n) is 6.42. The van der Waals surface area contributed by atoms with Crippen molar-refractivity contribution in [2.24, 2.45) is 0 Å². The van der Waals surface area contributed by atoms with Crippen molar-refractivity contribution >= 4 is 31.2 Å². The van der Waals surface area contributed by atoms with Gasteiger partial charge >= 0.3 is 129 Å². The fourth-order valence-corrected chi connectivity index (χ4v) is 3.23. The van der Waals surface area contributed by atoms with Crippen LogP contribution in [0.2, 0.25) is 0 Å². The van der Waals surface area contributed by atoms with Gasteiger partial charge in [-0.1, -0.05) is 0 Å². The SMILES string of the molecule is O=C1c2ccccc2C(=O)N1CC#C[Se]c1ccccc1. The fourth-order valence-electron chi connectivity index (χ4n) is 2.08. The molecule has 2 aromatic rings. The molecule has 0 radical (unpaired) electrons. The standard InChI is InChI=1S/C17H11NO2Se/c19-16-14-9-4-5-10-15(14)17(20)18(16)11-6-12-21-13-7-2-1-3-8-13/h1-5,7-10H,11H2. The third-order valence-electron chi connectivity index (χ3n) is 3.10. The zero-order chi connectivity index (χ0) is 14.7. The fraction of sp³-hybridized carbons (Fsp3) is 0.0588. The molecule has 1 aliphatic rings. The molecule has 0 aromatic heterocycles. The molecule has 2 aromatic carbocycles. The molecule has 0 saturated carbocycles. The minimum atomic E-state index is -0.253. The maximum atomic E-state index is 12.1. The van der Waals surface area contributed by atoms with Gasteiger partial charge in [0.05, 0.1) is 0 Å². The summed E-state index contributed by atoms with van der Waals surface area (Å²) in [5.41, 5.74) is 0.940. The topological polar surface area (TPSA) is 37.4 Å². The minimum absolute atomic E-state index is 0.0416. The zero-order valence-corrected chi connectivity index (χ0v) is 12.8. The Labute approximate surface area is 129 Å². The van der Waals surface area contributed by atoms with Crippen molar-refractivity contribution in [1.82, 2.24) is 4.90 Å². The van der Waals surface area contributed by atoms with Gasteiger partial charge in [0, 0.05) is 0 Å². The summed E-state index contributed by atoms with van der Waals surface area (Å²) in [4.78, 5) is 28.5. The van der Waals surface area contributed by atoms with Crippen LogP contribution < -0.4 is 4.46 Å². The van der Waals surface area contributed by atoms with Crippen molar-refractivity contribution < 1.29 is 9.59 Å². The predicted molar refractivity (Wildman–Crippen MR) is 81.4 cm³/mol. The molecule has 0 spiro atoms. The van der Waals surface area contributed by atoms with Crippen molar-refractivity contribution in [3.8, 4) is 10.7 Å². The molecule has 0 unspecified atom stereocenters.